The van der Waals surface area contributed by atoms with Gasteiger partial charge in [-0.05, 0) is 71.2 Å². The molecular formula is C26H28N2S. The fraction of sp³-hybridized carbons (Fsp3) is 0.269. The molecule has 1 N–H and O–H groups in total. The van der Waals surface area contributed by atoms with E-state index in [2.05, 4.69) is 82.6 Å². The first-order valence-corrected chi connectivity index (χ1v) is 11.4. The van der Waals surface area contributed by atoms with Crippen LogP contribution in [0.4, 0.5) is 0 Å². The Balaban J connectivity index is 1.31. The number of pyridine rings is 1. The number of thiophene rings is 1. The monoisotopic (exact) mass is 400 g/mol. The molecule has 0 unspecified atom stereocenters. The first kappa shape index (κ1) is 19.8. The van der Waals surface area contributed by atoms with E-state index in [-0.39, 0.29) is 0 Å². The second-order valence-corrected chi connectivity index (χ2v) is 8.55. The largest absolute Gasteiger partial charge is 0.310 e. The Kier molecular flexibility index (Phi) is 6.71. The molecule has 2 nitrogen and oxygen atoms in total. The fourth-order valence-corrected chi connectivity index (χ4v) is 4.44. The van der Waals surface area contributed by atoms with Gasteiger partial charge in [-0.2, -0.15) is 11.3 Å². The molecule has 0 aliphatic rings. The van der Waals surface area contributed by atoms with Crippen LogP contribution in [0.3, 0.4) is 0 Å². The van der Waals surface area contributed by atoms with Gasteiger partial charge in [-0.1, -0.05) is 48.9 Å². The number of aromatic nitrogens is 1. The van der Waals surface area contributed by atoms with Crippen molar-refractivity contribution in [2.24, 2.45) is 0 Å². The van der Waals surface area contributed by atoms with Crippen molar-refractivity contribution < 1.29 is 0 Å². The first-order valence-electron chi connectivity index (χ1n) is 10.5. The van der Waals surface area contributed by atoms with Crippen molar-refractivity contribution in [3.05, 3.63) is 88.9 Å². The number of nitrogens with zero attached hydrogens (tertiary/aromatic N) is 1. The highest BCUT2D eigenvalue weighted by Gasteiger charge is 2.07. The average Bonchev–Trinajstić information content (AvgIpc) is 3.30. The first-order chi connectivity index (χ1) is 14.3. The summed E-state index contributed by atoms with van der Waals surface area (Å²) >= 11 is 1.73. The summed E-state index contributed by atoms with van der Waals surface area (Å²) in [6, 6.07) is 20.2. The van der Waals surface area contributed by atoms with Gasteiger partial charge in [-0.15, -0.1) is 0 Å². The maximum absolute atomic E-state index is 4.43. The zero-order valence-electron chi connectivity index (χ0n) is 17.0. The van der Waals surface area contributed by atoms with E-state index in [4.69, 9.17) is 0 Å². The van der Waals surface area contributed by atoms with Crippen LogP contribution in [0.1, 0.15) is 37.3 Å². The maximum Gasteiger partial charge on any atom is 0.0353 e. The zero-order chi connectivity index (χ0) is 19.9. The normalized spacial score (nSPS) is 12.3. The lowest BCUT2D eigenvalue weighted by Gasteiger charge is -2.14. The number of unbranched alkanes of at least 4 members (excludes halogenated alkanes) is 1. The molecule has 0 radical (unpaired) electrons. The highest BCUT2D eigenvalue weighted by molar-refractivity contribution is 7.08. The van der Waals surface area contributed by atoms with Crippen molar-refractivity contribution in [2.75, 3.05) is 0 Å². The van der Waals surface area contributed by atoms with Gasteiger partial charge in [0.25, 0.3) is 0 Å². The summed E-state index contributed by atoms with van der Waals surface area (Å²) in [6.07, 6.45) is 8.84. The molecule has 2 aromatic carbocycles. The third kappa shape index (κ3) is 5.31. The quantitative estimate of drug-likeness (QED) is 0.311. The molecule has 0 saturated carbocycles. The predicted molar refractivity (Wildman–Crippen MR) is 125 cm³/mol. The van der Waals surface area contributed by atoms with Gasteiger partial charge in [0, 0.05) is 35.9 Å². The van der Waals surface area contributed by atoms with Crippen molar-refractivity contribution in [1.29, 1.82) is 0 Å². The van der Waals surface area contributed by atoms with Crippen LogP contribution in [0.25, 0.3) is 21.9 Å². The Labute approximate surface area is 177 Å². The summed E-state index contributed by atoms with van der Waals surface area (Å²) in [5.74, 6) is 0. The number of benzene rings is 2. The Hall–Kier alpha value is -2.49. The lowest BCUT2D eigenvalue weighted by atomic mass is 10.0. The summed E-state index contributed by atoms with van der Waals surface area (Å²) in [7, 11) is 0. The van der Waals surface area contributed by atoms with Gasteiger partial charge in [-0.25, -0.2) is 0 Å². The molecule has 2 heterocycles. The van der Waals surface area contributed by atoms with E-state index in [1.165, 1.54) is 58.7 Å². The number of aryl methyl sites for hydroxylation is 1. The topological polar surface area (TPSA) is 24.9 Å². The minimum absolute atomic E-state index is 0.523. The summed E-state index contributed by atoms with van der Waals surface area (Å²) < 4.78 is 0. The van der Waals surface area contributed by atoms with Gasteiger partial charge in [0.1, 0.15) is 0 Å². The Bertz CT molecular complexity index is 1030. The van der Waals surface area contributed by atoms with E-state index in [0.29, 0.717) is 6.04 Å². The molecule has 0 fully saturated rings. The number of nitrogens with one attached hydrogen (secondary N) is 1. The Morgan fingerprint density at radius 2 is 1.86 bits per heavy atom. The minimum atomic E-state index is 0.523. The minimum Gasteiger partial charge on any atom is -0.310 e. The maximum atomic E-state index is 4.43. The summed E-state index contributed by atoms with van der Waals surface area (Å²) in [4.78, 5) is 4.43. The molecule has 4 aromatic rings. The summed E-state index contributed by atoms with van der Waals surface area (Å²) in [6.45, 7) is 3.20. The number of hydrogen-bond donors (Lipinski definition) is 1. The molecule has 148 valence electrons. The van der Waals surface area contributed by atoms with Crippen LogP contribution in [0.15, 0.2) is 77.8 Å². The van der Waals surface area contributed by atoms with Gasteiger partial charge >= 0.3 is 0 Å². The van der Waals surface area contributed by atoms with E-state index in [9.17, 15) is 0 Å². The van der Waals surface area contributed by atoms with Crippen LogP contribution in [0.2, 0.25) is 0 Å². The molecule has 0 amide bonds. The van der Waals surface area contributed by atoms with Crippen molar-refractivity contribution in [2.45, 2.75) is 45.2 Å². The lowest BCUT2D eigenvalue weighted by molar-refractivity contribution is 0.489. The van der Waals surface area contributed by atoms with Crippen LogP contribution in [-0.2, 0) is 13.0 Å². The molecule has 0 saturated heterocycles. The molecule has 2 aromatic heterocycles. The van der Waals surface area contributed by atoms with Crippen LogP contribution < -0.4 is 5.32 Å². The molecule has 29 heavy (non-hydrogen) atoms. The second kappa shape index (κ2) is 9.82. The van der Waals surface area contributed by atoms with E-state index in [1.807, 2.05) is 12.4 Å². The molecule has 0 aliphatic heterocycles. The van der Waals surface area contributed by atoms with E-state index in [0.717, 1.165) is 6.54 Å². The van der Waals surface area contributed by atoms with Crippen LogP contribution in [0, 0.1) is 0 Å². The smallest absolute Gasteiger partial charge is 0.0353 e. The van der Waals surface area contributed by atoms with E-state index < -0.39 is 0 Å². The van der Waals surface area contributed by atoms with Crippen LogP contribution >= 0.6 is 11.3 Å². The average molecular weight is 401 g/mol. The zero-order valence-corrected chi connectivity index (χ0v) is 17.8. The summed E-state index contributed by atoms with van der Waals surface area (Å²) in [5, 5.41) is 10.5. The number of rotatable bonds is 9. The predicted octanol–water partition coefficient (Wildman–Crippen LogP) is 6.85. The Morgan fingerprint density at radius 1 is 0.966 bits per heavy atom. The van der Waals surface area contributed by atoms with Crippen molar-refractivity contribution >= 4 is 22.1 Å². The van der Waals surface area contributed by atoms with Crippen LogP contribution in [-0.4, -0.2) is 11.0 Å². The van der Waals surface area contributed by atoms with Gasteiger partial charge < -0.3 is 5.32 Å². The fourth-order valence-electron chi connectivity index (χ4n) is 3.79. The molecular weight excluding hydrogens is 372 g/mol. The van der Waals surface area contributed by atoms with Crippen molar-refractivity contribution in [3.8, 4) is 11.1 Å². The van der Waals surface area contributed by atoms with Gasteiger partial charge in [0.2, 0.25) is 0 Å². The second-order valence-electron chi connectivity index (χ2n) is 7.77. The molecule has 1 atom stereocenters. The SMILES string of the molecule is C[C@H](CCCCc1ccccc1)NCc1ccc2cncc(-c3ccsc3)c2c1. The van der Waals surface area contributed by atoms with E-state index >= 15 is 0 Å². The van der Waals surface area contributed by atoms with E-state index in [1.54, 1.807) is 11.3 Å². The van der Waals surface area contributed by atoms with Gasteiger partial charge in [-0.3, -0.25) is 4.98 Å². The number of hydrogen-bond acceptors (Lipinski definition) is 3. The van der Waals surface area contributed by atoms with Crippen LogP contribution in [0.5, 0.6) is 0 Å². The van der Waals surface area contributed by atoms with Crippen molar-refractivity contribution in [3.63, 3.8) is 0 Å². The van der Waals surface area contributed by atoms with Gasteiger partial charge in [0.05, 0.1) is 0 Å². The molecule has 4 rings (SSSR count). The standard InChI is InChI=1S/C26H28N2S/c1-20(7-5-6-10-21-8-3-2-4-9-21)28-16-22-11-12-23-17-27-18-26(25(23)15-22)24-13-14-29-19-24/h2-4,8-9,11-15,17-20,28H,5-7,10,16H2,1H3/t20-/m1/s1. The lowest BCUT2D eigenvalue weighted by Crippen LogP contribution is -2.25. The molecule has 0 aliphatic carbocycles. The molecule has 0 spiro atoms. The molecule has 3 heteroatoms. The third-order valence-electron chi connectivity index (χ3n) is 5.51. The van der Waals surface area contributed by atoms with Gasteiger partial charge in [0.15, 0.2) is 0 Å². The van der Waals surface area contributed by atoms with Crippen molar-refractivity contribution in [1.82, 2.24) is 10.3 Å². The third-order valence-corrected chi connectivity index (χ3v) is 6.19. The number of fused-ring (bicyclic) bond motifs is 1. The summed E-state index contributed by atoms with van der Waals surface area (Å²) in [5.41, 5.74) is 5.25. The highest BCUT2D eigenvalue weighted by Crippen LogP contribution is 2.29. The Morgan fingerprint density at radius 3 is 2.69 bits per heavy atom. The highest BCUT2D eigenvalue weighted by atomic mass is 32.1. The molecule has 0 bridgehead atoms.